The minimum absolute atomic E-state index is 0.181. The lowest BCUT2D eigenvalue weighted by molar-refractivity contribution is 0.0687. The van der Waals surface area contributed by atoms with E-state index in [-0.39, 0.29) is 5.69 Å². The molecule has 1 unspecified atom stereocenters. The minimum atomic E-state index is -0.958. The number of carbonyl (C=O) groups is 1. The summed E-state index contributed by atoms with van der Waals surface area (Å²) in [4.78, 5) is 15.0. The predicted octanol–water partition coefficient (Wildman–Crippen LogP) is 1.92. The number of carboxylic acids is 1. The monoisotopic (exact) mass is 347 g/mol. The van der Waals surface area contributed by atoms with Crippen LogP contribution in [0.1, 0.15) is 38.7 Å². The number of fused-ring (bicyclic) bond motifs is 1. The third kappa shape index (κ3) is 3.11. The van der Waals surface area contributed by atoms with Gasteiger partial charge in [-0.3, -0.25) is 9.58 Å². The van der Waals surface area contributed by atoms with Crippen LogP contribution in [0.4, 0.5) is 0 Å². The number of aromatic nitrogens is 4. The molecule has 0 bridgehead atoms. The van der Waals surface area contributed by atoms with Crippen molar-refractivity contribution in [1.82, 2.24) is 24.3 Å². The van der Waals surface area contributed by atoms with Crippen molar-refractivity contribution in [2.45, 2.75) is 45.3 Å². The summed E-state index contributed by atoms with van der Waals surface area (Å²) in [6.45, 7) is 7.02. The Morgan fingerprint density at radius 3 is 3.00 bits per heavy atom. The van der Waals surface area contributed by atoms with Gasteiger partial charge < -0.3 is 5.11 Å². The van der Waals surface area contributed by atoms with Crippen LogP contribution in [0.3, 0.4) is 0 Å². The number of hydrogen-bond acceptors (Lipinski definition) is 6. The van der Waals surface area contributed by atoms with Gasteiger partial charge in [0.1, 0.15) is 0 Å². The number of carboxylic acid groups (broad SMARTS) is 1. The molecule has 24 heavy (non-hydrogen) atoms. The Balaban J connectivity index is 1.81. The summed E-state index contributed by atoms with van der Waals surface area (Å²) in [6.07, 6.45) is 4.27. The summed E-state index contributed by atoms with van der Waals surface area (Å²) in [5.74, 6) is -0.958. The van der Waals surface area contributed by atoms with E-state index in [1.807, 2.05) is 6.92 Å². The first-order valence-corrected chi connectivity index (χ1v) is 8.69. The molecule has 3 rings (SSSR count). The first-order chi connectivity index (χ1) is 11.5. The van der Waals surface area contributed by atoms with E-state index >= 15 is 0 Å². The maximum absolute atomic E-state index is 11.5. The summed E-state index contributed by atoms with van der Waals surface area (Å²) in [5.41, 5.74) is 3.05. The van der Waals surface area contributed by atoms with Crippen molar-refractivity contribution < 1.29 is 9.90 Å². The maximum Gasteiger partial charge on any atom is 0.356 e. The highest BCUT2D eigenvalue weighted by molar-refractivity contribution is 7.05. The molecule has 0 radical (unpaired) electrons. The van der Waals surface area contributed by atoms with E-state index in [9.17, 15) is 9.90 Å². The molecule has 0 amide bonds. The summed E-state index contributed by atoms with van der Waals surface area (Å²) in [6, 6.07) is 0.290. The first-order valence-electron chi connectivity index (χ1n) is 7.92. The highest BCUT2D eigenvalue weighted by Crippen LogP contribution is 2.28. The standard InChI is InChI=1S/C16H21N5O2S/c1-4-7-21-13-6-5-11(8-12(13)15(18-21)16(22)23)20(3)9-14-10(2)17-19-24-14/h4,11H,1,5-9H2,2-3H3,(H,22,23). The zero-order valence-corrected chi connectivity index (χ0v) is 14.7. The molecule has 2 aromatic rings. The Kier molecular flexibility index (Phi) is 4.77. The van der Waals surface area contributed by atoms with Crippen LogP contribution in [0.15, 0.2) is 12.7 Å². The van der Waals surface area contributed by atoms with Crippen molar-refractivity contribution >= 4 is 17.5 Å². The second kappa shape index (κ2) is 6.82. The molecule has 0 aromatic carbocycles. The van der Waals surface area contributed by atoms with E-state index in [1.54, 1.807) is 10.8 Å². The average molecular weight is 347 g/mol. The number of aromatic carboxylic acids is 1. The lowest BCUT2D eigenvalue weighted by Gasteiger charge is -2.31. The fourth-order valence-corrected chi connectivity index (χ4v) is 3.94. The number of likely N-dealkylation sites (N-methyl/N-ethyl adjacent to an activating group) is 1. The van der Waals surface area contributed by atoms with Crippen molar-refractivity contribution in [2.24, 2.45) is 0 Å². The largest absolute Gasteiger partial charge is 0.476 e. The molecule has 2 aromatic heterocycles. The van der Waals surface area contributed by atoms with Gasteiger partial charge in [0.25, 0.3) is 0 Å². The van der Waals surface area contributed by atoms with E-state index in [1.165, 1.54) is 11.5 Å². The highest BCUT2D eigenvalue weighted by atomic mass is 32.1. The van der Waals surface area contributed by atoms with Crippen LogP contribution in [0.2, 0.25) is 0 Å². The SMILES string of the molecule is C=CCn1nc(C(=O)O)c2c1CCC(N(C)Cc1snnc1C)C2. The molecule has 7 nitrogen and oxygen atoms in total. The van der Waals surface area contributed by atoms with Crippen LogP contribution in [0, 0.1) is 6.92 Å². The van der Waals surface area contributed by atoms with E-state index < -0.39 is 5.97 Å². The van der Waals surface area contributed by atoms with Crippen molar-refractivity contribution in [1.29, 1.82) is 0 Å². The normalized spacial score (nSPS) is 17.0. The lowest BCUT2D eigenvalue weighted by Crippen LogP contribution is -2.36. The Bertz CT molecular complexity index is 767. The molecule has 1 atom stereocenters. The van der Waals surface area contributed by atoms with Gasteiger partial charge in [-0.2, -0.15) is 5.10 Å². The summed E-state index contributed by atoms with van der Waals surface area (Å²) < 4.78 is 5.76. The molecule has 0 saturated carbocycles. The fraction of sp³-hybridized carbons (Fsp3) is 0.500. The maximum atomic E-state index is 11.5. The zero-order valence-electron chi connectivity index (χ0n) is 13.9. The Labute approximate surface area is 144 Å². The third-order valence-corrected chi connectivity index (χ3v) is 5.40. The number of aryl methyl sites for hydroxylation is 1. The molecule has 0 aliphatic heterocycles. The average Bonchev–Trinajstić information content (AvgIpc) is 3.12. The highest BCUT2D eigenvalue weighted by Gasteiger charge is 2.30. The molecule has 0 spiro atoms. The second-order valence-corrected chi connectivity index (χ2v) is 6.98. The van der Waals surface area contributed by atoms with Crippen LogP contribution in [0.25, 0.3) is 0 Å². The molecular formula is C16H21N5O2S. The molecule has 2 heterocycles. The van der Waals surface area contributed by atoms with Gasteiger partial charge in [0, 0.05) is 23.8 Å². The van der Waals surface area contributed by atoms with Gasteiger partial charge >= 0.3 is 5.97 Å². The molecular weight excluding hydrogens is 326 g/mol. The van der Waals surface area contributed by atoms with Gasteiger partial charge in [-0.05, 0) is 44.8 Å². The number of hydrogen-bond donors (Lipinski definition) is 1. The Hall–Kier alpha value is -2.06. The molecule has 0 fully saturated rings. The second-order valence-electron chi connectivity index (χ2n) is 6.14. The molecule has 128 valence electrons. The van der Waals surface area contributed by atoms with Gasteiger partial charge in [0.15, 0.2) is 5.69 Å². The van der Waals surface area contributed by atoms with Crippen LogP contribution in [-0.2, 0) is 25.9 Å². The van der Waals surface area contributed by atoms with E-state index in [4.69, 9.17) is 0 Å². The number of rotatable bonds is 6. The molecule has 8 heteroatoms. The van der Waals surface area contributed by atoms with Crippen LogP contribution in [-0.4, -0.2) is 48.4 Å². The van der Waals surface area contributed by atoms with Crippen molar-refractivity contribution in [3.05, 3.63) is 40.2 Å². The zero-order chi connectivity index (χ0) is 17.3. The van der Waals surface area contributed by atoms with E-state index in [0.29, 0.717) is 19.0 Å². The smallest absolute Gasteiger partial charge is 0.356 e. The van der Waals surface area contributed by atoms with Gasteiger partial charge in [-0.15, -0.1) is 11.7 Å². The van der Waals surface area contributed by atoms with Crippen LogP contribution < -0.4 is 0 Å². The first kappa shape index (κ1) is 16.8. The van der Waals surface area contributed by atoms with E-state index in [2.05, 4.69) is 33.2 Å². The summed E-state index contributed by atoms with van der Waals surface area (Å²) in [5, 5.41) is 17.8. The molecule has 1 N–H and O–H groups in total. The quantitative estimate of drug-likeness (QED) is 0.804. The lowest BCUT2D eigenvalue weighted by atomic mass is 9.90. The van der Waals surface area contributed by atoms with Crippen LogP contribution >= 0.6 is 11.5 Å². The van der Waals surface area contributed by atoms with Crippen molar-refractivity contribution in [3.63, 3.8) is 0 Å². The van der Waals surface area contributed by atoms with Gasteiger partial charge in [0.2, 0.25) is 0 Å². The van der Waals surface area contributed by atoms with Gasteiger partial charge in [0.05, 0.1) is 17.1 Å². The Morgan fingerprint density at radius 1 is 1.58 bits per heavy atom. The molecule has 1 aliphatic rings. The van der Waals surface area contributed by atoms with Crippen molar-refractivity contribution in [2.75, 3.05) is 7.05 Å². The van der Waals surface area contributed by atoms with Gasteiger partial charge in [-0.1, -0.05) is 10.6 Å². The van der Waals surface area contributed by atoms with Crippen LogP contribution in [0.5, 0.6) is 0 Å². The minimum Gasteiger partial charge on any atom is -0.476 e. The predicted molar refractivity (Wildman–Crippen MR) is 91.3 cm³/mol. The van der Waals surface area contributed by atoms with Crippen molar-refractivity contribution in [3.8, 4) is 0 Å². The summed E-state index contributed by atoms with van der Waals surface area (Å²) in [7, 11) is 2.07. The molecule has 0 saturated heterocycles. The third-order valence-electron chi connectivity index (χ3n) is 4.59. The Morgan fingerprint density at radius 2 is 2.38 bits per heavy atom. The fourth-order valence-electron chi connectivity index (χ4n) is 3.24. The topological polar surface area (TPSA) is 84.1 Å². The number of allylic oxidation sites excluding steroid dienone is 1. The number of nitrogens with zero attached hydrogens (tertiary/aromatic N) is 5. The summed E-state index contributed by atoms with van der Waals surface area (Å²) >= 11 is 1.42. The van der Waals surface area contributed by atoms with E-state index in [0.717, 1.165) is 41.2 Å². The molecule has 1 aliphatic carbocycles. The van der Waals surface area contributed by atoms with Gasteiger partial charge in [-0.25, -0.2) is 4.79 Å².